The van der Waals surface area contributed by atoms with Crippen molar-refractivity contribution in [1.29, 1.82) is 0 Å². The van der Waals surface area contributed by atoms with Gasteiger partial charge in [-0.1, -0.05) is 12.2 Å². The molecule has 1 amide bonds. The van der Waals surface area contributed by atoms with E-state index in [1.54, 1.807) is 12.3 Å². The Bertz CT molecular complexity index is 523. The highest BCUT2D eigenvalue weighted by Crippen LogP contribution is 2.48. The molecule has 1 fully saturated rings. The minimum absolute atomic E-state index is 0.00500. The van der Waals surface area contributed by atoms with E-state index in [0.717, 1.165) is 12.1 Å². The fourth-order valence-corrected chi connectivity index (χ4v) is 3.20. The first-order valence-electron chi connectivity index (χ1n) is 6.34. The fourth-order valence-electron chi connectivity index (χ4n) is 3.20. The SMILES string of the molecule is O=C(O)C1C2C=CC(C2)C1C(=O)NCc1ccn[nH]1. The molecule has 1 saturated carbocycles. The second-order valence-corrected chi connectivity index (χ2v) is 5.14. The highest BCUT2D eigenvalue weighted by Gasteiger charge is 2.51. The molecular formula is C13H15N3O3. The molecule has 3 rings (SSSR count). The van der Waals surface area contributed by atoms with Gasteiger partial charge in [-0.3, -0.25) is 14.7 Å². The number of aliphatic carboxylic acids is 1. The van der Waals surface area contributed by atoms with Gasteiger partial charge in [-0.25, -0.2) is 0 Å². The first-order chi connectivity index (χ1) is 9.16. The second kappa shape index (κ2) is 4.53. The Hall–Kier alpha value is -2.11. The maximum Gasteiger partial charge on any atom is 0.307 e. The molecule has 6 heteroatoms. The molecular weight excluding hydrogens is 246 g/mol. The first-order valence-corrected chi connectivity index (χ1v) is 6.34. The number of hydrogen-bond donors (Lipinski definition) is 3. The number of nitrogens with zero attached hydrogens (tertiary/aromatic N) is 1. The highest BCUT2D eigenvalue weighted by atomic mass is 16.4. The van der Waals surface area contributed by atoms with Crippen molar-refractivity contribution in [3.63, 3.8) is 0 Å². The quantitative estimate of drug-likeness (QED) is 0.690. The lowest BCUT2D eigenvalue weighted by atomic mass is 9.82. The summed E-state index contributed by atoms with van der Waals surface area (Å²) < 4.78 is 0. The third kappa shape index (κ3) is 2.03. The molecule has 19 heavy (non-hydrogen) atoms. The summed E-state index contributed by atoms with van der Waals surface area (Å²) in [5.41, 5.74) is 0.805. The molecule has 0 aliphatic heterocycles. The van der Waals surface area contributed by atoms with Crippen LogP contribution in [0.5, 0.6) is 0 Å². The number of hydrogen-bond acceptors (Lipinski definition) is 3. The topological polar surface area (TPSA) is 95.1 Å². The number of carboxylic acid groups (broad SMARTS) is 1. The van der Waals surface area contributed by atoms with E-state index in [1.807, 2.05) is 12.2 Å². The van der Waals surface area contributed by atoms with Gasteiger partial charge in [-0.05, 0) is 24.3 Å². The summed E-state index contributed by atoms with van der Waals surface area (Å²) in [6.07, 6.45) is 6.30. The fraction of sp³-hybridized carbons (Fsp3) is 0.462. The van der Waals surface area contributed by atoms with E-state index >= 15 is 0 Å². The van der Waals surface area contributed by atoms with Crippen LogP contribution < -0.4 is 5.32 Å². The third-order valence-electron chi connectivity index (χ3n) is 4.06. The smallest absolute Gasteiger partial charge is 0.307 e. The summed E-state index contributed by atoms with van der Waals surface area (Å²) >= 11 is 0. The predicted octanol–water partition coefficient (Wildman–Crippen LogP) is 0.549. The normalized spacial score (nSPS) is 31.6. The lowest BCUT2D eigenvalue weighted by molar-refractivity contribution is -0.147. The van der Waals surface area contributed by atoms with Gasteiger partial charge in [0.25, 0.3) is 0 Å². The summed E-state index contributed by atoms with van der Waals surface area (Å²) in [5.74, 6) is -2.03. The molecule has 0 aromatic carbocycles. The number of aromatic nitrogens is 2. The van der Waals surface area contributed by atoms with Crippen LogP contribution >= 0.6 is 0 Å². The molecule has 1 aromatic heterocycles. The number of amides is 1. The van der Waals surface area contributed by atoms with Gasteiger partial charge in [0.2, 0.25) is 5.91 Å². The van der Waals surface area contributed by atoms with Gasteiger partial charge in [-0.15, -0.1) is 0 Å². The van der Waals surface area contributed by atoms with Crippen molar-refractivity contribution in [2.24, 2.45) is 23.7 Å². The van der Waals surface area contributed by atoms with Crippen molar-refractivity contribution in [3.05, 3.63) is 30.1 Å². The molecule has 4 atom stereocenters. The first kappa shape index (κ1) is 12.0. The number of carbonyl (C=O) groups excluding carboxylic acids is 1. The zero-order valence-electron chi connectivity index (χ0n) is 10.2. The minimum Gasteiger partial charge on any atom is -0.481 e. The van der Waals surface area contributed by atoms with Gasteiger partial charge in [-0.2, -0.15) is 5.10 Å². The predicted molar refractivity (Wildman–Crippen MR) is 65.8 cm³/mol. The molecule has 1 aromatic rings. The van der Waals surface area contributed by atoms with Gasteiger partial charge in [0, 0.05) is 6.20 Å². The van der Waals surface area contributed by atoms with Crippen LogP contribution in [0, 0.1) is 23.7 Å². The van der Waals surface area contributed by atoms with Gasteiger partial charge in [0.1, 0.15) is 0 Å². The van der Waals surface area contributed by atoms with E-state index in [1.165, 1.54) is 0 Å². The molecule has 6 nitrogen and oxygen atoms in total. The number of nitrogens with one attached hydrogen (secondary N) is 2. The molecule has 0 radical (unpaired) electrons. The molecule has 2 aliphatic rings. The van der Waals surface area contributed by atoms with Gasteiger partial charge >= 0.3 is 5.97 Å². The Balaban J connectivity index is 1.68. The Morgan fingerprint density at radius 3 is 2.74 bits per heavy atom. The molecule has 4 unspecified atom stereocenters. The average Bonchev–Trinajstić information content (AvgIpc) is 3.10. The number of rotatable bonds is 4. The molecule has 2 bridgehead atoms. The number of carboxylic acids is 1. The van der Waals surface area contributed by atoms with Crippen LogP contribution in [0.3, 0.4) is 0 Å². The van der Waals surface area contributed by atoms with Crippen LogP contribution in [0.25, 0.3) is 0 Å². The summed E-state index contributed by atoms with van der Waals surface area (Å²) in [4.78, 5) is 23.5. The monoisotopic (exact) mass is 261 g/mol. The van der Waals surface area contributed by atoms with E-state index < -0.39 is 17.8 Å². The van der Waals surface area contributed by atoms with Crippen molar-refractivity contribution in [1.82, 2.24) is 15.5 Å². The van der Waals surface area contributed by atoms with Gasteiger partial charge in [0.05, 0.1) is 24.1 Å². The van der Waals surface area contributed by atoms with Gasteiger partial charge < -0.3 is 10.4 Å². The van der Waals surface area contributed by atoms with Crippen LogP contribution in [0.4, 0.5) is 0 Å². The zero-order valence-corrected chi connectivity index (χ0v) is 10.2. The Kier molecular flexibility index (Phi) is 2.85. The number of H-pyrrole nitrogens is 1. The van der Waals surface area contributed by atoms with Crippen LogP contribution in [-0.2, 0) is 16.1 Å². The molecule has 100 valence electrons. The van der Waals surface area contributed by atoms with Crippen molar-refractivity contribution in [2.45, 2.75) is 13.0 Å². The summed E-state index contributed by atoms with van der Waals surface area (Å²) in [6.45, 7) is 0.350. The minimum atomic E-state index is -0.876. The molecule has 1 heterocycles. The highest BCUT2D eigenvalue weighted by molar-refractivity contribution is 5.86. The van der Waals surface area contributed by atoms with E-state index in [2.05, 4.69) is 15.5 Å². The van der Waals surface area contributed by atoms with Crippen molar-refractivity contribution in [3.8, 4) is 0 Å². The maximum absolute atomic E-state index is 12.2. The molecule has 0 spiro atoms. The molecule has 3 N–H and O–H groups in total. The zero-order chi connectivity index (χ0) is 13.4. The molecule has 0 saturated heterocycles. The van der Waals surface area contributed by atoms with Gasteiger partial charge in [0.15, 0.2) is 0 Å². The standard InChI is InChI=1S/C13H15N3O3/c17-12(14-6-9-3-4-15-16-9)10-7-1-2-8(5-7)11(10)13(18)19/h1-4,7-8,10-11H,5-6H2,(H,14,17)(H,15,16)(H,18,19). The average molecular weight is 261 g/mol. The summed E-state index contributed by atoms with van der Waals surface area (Å²) in [6, 6.07) is 1.77. The Morgan fingerprint density at radius 2 is 2.11 bits per heavy atom. The van der Waals surface area contributed by atoms with E-state index in [-0.39, 0.29) is 17.7 Å². The summed E-state index contributed by atoms with van der Waals surface area (Å²) in [5, 5.41) is 18.6. The third-order valence-corrected chi connectivity index (χ3v) is 4.06. The van der Waals surface area contributed by atoms with E-state index in [4.69, 9.17) is 0 Å². The van der Waals surface area contributed by atoms with Crippen molar-refractivity contribution >= 4 is 11.9 Å². The second-order valence-electron chi connectivity index (χ2n) is 5.14. The number of allylic oxidation sites excluding steroid dienone is 2. The van der Waals surface area contributed by atoms with Crippen LogP contribution in [0.15, 0.2) is 24.4 Å². The number of fused-ring (bicyclic) bond motifs is 2. The van der Waals surface area contributed by atoms with E-state index in [9.17, 15) is 14.7 Å². The molecule has 2 aliphatic carbocycles. The lowest BCUT2D eigenvalue weighted by Gasteiger charge is -2.23. The van der Waals surface area contributed by atoms with Crippen LogP contribution in [0.2, 0.25) is 0 Å². The number of aromatic amines is 1. The number of carbonyl (C=O) groups is 2. The van der Waals surface area contributed by atoms with Crippen LogP contribution in [-0.4, -0.2) is 27.2 Å². The Morgan fingerprint density at radius 1 is 1.37 bits per heavy atom. The summed E-state index contributed by atoms with van der Waals surface area (Å²) in [7, 11) is 0. The van der Waals surface area contributed by atoms with Crippen LogP contribution in [0.1, 0.15) is 12.1 Å². The lowest BCUT2D eigenvalue weighted by Crippen LogP contribution is -2.39. The maximum atomic E-state index is 12.2. The van der Waals surface area contributed by atoms with E-state index in [0.29, 0.717) is 6.54 Å². The van der Waals surface area contributed by atoms with Crippen molar-refractivity contribution in [2.75, 3.05) is 0 Å². The Labute approximate surface area is 109 Å². The van der Waals surface area contributed by atoms with Crippen molar-refractivity contribution < 1.29 is 14.7 Å². The largest absolute Gasteiger partial charge is 0.481 e.